The Morgan fingerprint density at radius 1 is 0.935 bits per heavy atom. The molecule has 0 unspecified atom stereocenters. The molecular formula is C22H23FN4O3S. The SMILES string of the molecule is N#Cc1c(F)cccc1N1CCN(C(=O)c2ccc(S(=O)(=O)N3CCCC3)cc2)CC1. The van der Waals surface area contributed by atoms with E-state index in [-0.39, 0.29) is 16.4 Å². The van der Waals surface area contributed by atoms with E-state index in [1.165, 1.54) is 22.5 Å². The van der Waals surface area contributed by atoms with Crippen molar-refractivity contribution in [1.29, 1.82) is 5.26 Å². The van der Waals surface area contributed by atoms with Crippen LogP contribution in [0.25, 0.3) is 0 Å². The van der Waals surface area contributed by atoms with Crippen LogP contribution in [0.2, 0.25) is 0 Å². The van der Waals surface area contributed by atoms with Gasteiger partial charge in [-0.05, 0) is 49.2 Å². The van der Waals surface area contributed by atoms with Gasteiger partial charge in [0.1, 0.15) is 17.4 Å². The summed E-state index contributed by atoms with van der Waals surface area (Å²) in [6.45, 7) is 2.87. The number of piperazine rings is 1. The molecule has 1 amide bonds. The summed E-state index contributed by atoms with van der Waals surface area (Å²) in [7, 11) is -3.51. The molecule has 0 N–H and O–H groups in total. The molecule has 0 aliphatic carbocycles. The van der Waals surface area contributed by atoms with Crippen molar-refractivity contribution in [2.75, 3.05) is 44.2 Å². The van der Waals surface area contributed by atoms with E-state index in [4.69, 9.17) is 0 Å². The van der Waals surface area contributed by atoms with E-state index < -0.39 is 15.8 Å². The highest BCUT2D eigenvalue weighted by Crippen LogP contribution is 2.25. The number of halogens is 1. The first-order valence-corrected chi connectivity index (χ1v) is 11.7. The minimum atomic E-state index is -3.51. The second kappa shape index (κ2) is 8.65. The molecule has 2 heterocycles. The fourth-order valence-corrected chi connectivity index (χ4v) is 5.58. The van der Waals surface area contributed by atoms with E-state index in [0.717, 1.165) is 12.8 Å². The monoisotopic (exact) mass is 442 g/mol. The summed E-state index contributed by atoms with van der Waals surface area (Å²) in [6, 6.07) is 12.5. The largest absolute Gasteiger partial charge is 0.367 e. The Bertz CT molecular complexity index is 1110. The quantitative estimate of drug-likeness (QED) is 0.726. The molecule has 2 aromatic carbocycles. The molecule has 0 radical (unpaired) electrons. The van der Waals surface area contributed by atoms with Crippen molar-refractivity contribution >= 4 is 21.6 Å². The minimum Gasteiger partial charge on any atom is -0.367 e. The van der Waals surface area contributed by atoms with Gasteiger partial charge in [0.05, 0.1) is 10.6 Å². The van der Waals surface area contributed by atoms with Crippen LogP contribution in [0.4, 0.5) is 10.1 Å². The van der Waals surface area contributed by atoms with Gasteiger partial charge in [-0.2, -0.15) is 9.57 Å². The maximum Gasteiger partial charge on any atom is 0.253 e. The van der Waals surface area contributed by atoms with Gasteiger partial charge in [-0.25, -0.2) is 12.8 Å². The number of carbonyl (C=O) groups excluding carboxylic acids is 1. The van der Waals surface area contributed by atoms with Gasteiger partial charge in [0, 0.05) is 44.8 Å². The zero-order valence-electron chi connectivity index (χ0n) is 17.0. The Labute approximate surface area is 181 Å². The van der Waals surface area contributed by atoms with E-state index in [2.05, 4.69) is 0 Å². The van der Waals surface area contributed by atoms with Gasteiger partial charge in [-0.3, -0.25) is 4.79 Å². The minimum absolute atomic E-state index is 0.0112. The van der Waals surface area contributed by atoms with E-state index in [9.17, 15) is 22.9 Å². The Morgan fingerprint density at radius 3 is 2.19 bits per heavy atom. The predicted molar refractivity (Wildman–Crippen MR) is 114 cm³/mol. The van der Waals surface area contributed by atoms with Crippen molar-refractivity contribution < 1.29 is 17.6 Å². The molecule has 2 aliphatic rings. The van der Waals surface area contributed by atoms with E-state index in [1.807, 2.05) is 11.0 Å². The van der Waals surface area contributed by atoms with Crippen molar-refractivity contribution in [3.63, 3.8) is 0 Å². The molecule has 2 aliphatic heterocycles. The third-order valence-electron chi connectivity index (χ3n) is 5.82. The smallest absolute Gasteiger partial charge is 0.253 e. The number of hydrogen-bond donors (Lipinski definition) is 0. The van der Waals surface area contributed by atoms with Crippen molar-refractivity contribution in [2.45, 2.75) is 17.7 Å². The lowest BCUT2D eigenvalue weighted by Gasteiger charge is -2.36. The average molecular weight is 443 g/mol. The number of nitriles is 1. The van der Waals surface area contributed by atoms with Crippen LogP contribution >= 0.6 is 0 Å². The Kier molecular flexibility index (Phi) is 5.94. The number of anilines is 1. The zero-order valence-corrected chi connectivity index (χ0v) is 17.8. The van der Waals surface area contributed by atoms with Crippen LogP contribution in [0.15, 0.2) is 47.4 Å². The topological polar surface area (TPSA) is 84.7 Å². The molecule has 7 nitrogen and oxygen atoms in total. The summed E-state index contributed by atoms with van der Waals surface area (Å²) >= 11 is 0. The maximum atomic E-state index is 13.9. The third kappa shape index (κ3) is 4.13. The van der Waals surface area contributed by atoms with Gasteiger partial charge in [-0.15, -0.1) is 0 Å². The summed E-state index contributed by atoms with van der Waals surface area (Å²) in [5, 5.41) is 9.24. The Hall–Kier alpha value is -2.96. The van der Waals surface area contributed by atoms with Crippen LogP contribution in [0, 0.1) is 17.1 Å². The molecule has 0 atom stereocenters. The van der Waals surface area contributed by atoms with E-state index >= 15 is 0 Å². The summed E-state index contributed by atoms with van der Waals surface area (Å²) in [5.74, 6) is -0.730. The zero-order chi connectivity index (χ0) is 22.0. The van der Waals surface area contributed by atoms with Crippen LogP contribution < -0.4 is 4.90 Å². The lowest BCUT2D eigenvalue weighted by atomic mass is 10.1. The summed E-state index contributed by atoms with van der Waals surface area (Å²) in [4.78, 5) is 16.7. The number of sulfonamides is 1. The first kappa shape index (κ1) is 21.3. The fraction of sp³-hybridized carbons (Fsp3) is 0.364. The van der Waals surface area contributed by atoms with Gasteiger partial charge in [0.25, 0.3) is 5.91 Å². The molecule has 4 rings (SSSR count). The lowest BCUT2D eigenvalue weighted by Crippen LogP contribution is -2.49. The highest BCUT2D eigenvalue weighted by molar-refractivity contribution is 7.89. The summed E-state index contributed by atoms with van der Waals surface area (Å²) in [6.07, 6.45) is 1.74. The molecule has 0 spiro atoms. The molecular weight excluding hydrogens is 419 g/mol. The van der Waals surface area contributed by atoms with Gasteiger partial charge in [0.2, 0.25) is 10.0 Å². The van der Waals surface area contributed by atoms with Crippen molar-refractivity contribution in [3.05, 3.63) is 59.4 Å². The first-order valence-electron chi connectivity index (χ1n) is 10.2. The van der Waals surface area contributed by atoms with Gasteiger partial charge in [0.15, 0.2) is 0 Å². The molecule has 2 aromatic rings. The van der Waals surface area contributed by atoms with Crippen LogP contribution in [-0.4, -0.2) is 62.8 Å². The van der Waals surface area contributed by atoms with Crippen molar-refractivity contribution in [3.8, 4) is 6.07 Å². The number of carbonyl (C=O) groups is 1. The van der Waals surface area contributed by atoms with Crippen molar-refractivity contribution in [2.24, 2.45) is 0 Å². The maximum absolute atomic E-state index is 13.9. The Morgan fingerprint density at radius 2 is 1.58 bits per heavy atom. The van der Waals surface area contributed by atoms with Crippen LogP contribution in [0.5, 0.6) is 0 Å². The van der Waals surface area contributed by atoms with E-state index in [1.54, 1.807) is 29.2 Å². The molecule has 0 aromatic heterocycles. The van der Waals surface area contributed by atoms with Crippen LogP contribution in [0.1, 0.15) is 28.8 Å². The molecule has 0 saturated carbocycles. The number of rotatable bonds is 4. The molecule has 2 fully saturated rings. The van der Waals surface area contributed by atoms with Gasteiger partial charge < -0.3 is 9.80 Å². The molecule has 2 saturated heterocycles. The second-order valence-electron chi connectivity index (χ2n) is 7.66. The number of nitrogens with zero attached hydrogens (tertiary/aromatic N) is 4. The first-order chi connectivity index (χ1) is 14.9. The fourth-order valence-electron chi connectivity index (χ4n) is 4.07. The van der Waals surface area contributed by atoms with Crippen LogP contribution in [0.3, 0.4) is 0 Å². The normalized spacial score (nSPS) is 17.5. The number of amides is 1. The number of hydrogen-bond acceptors (Lipinski definition) is 5. The molecule has 0 bridgehead atoms. The standard InChI is InChI=1S/C22H23FN4O3S/c23-20-4-3-5-21(19(20)16-24)25-12-14-26(15-13-25)22(28)17-6-8-18(9-7-17)31(29,30)27-10-1-2-11-27/h3-9H,1-2,10-15H2. The predicted octanol–water partition coefficient (Wildman–Crippen LogP) is 2.44. The Balaban J connectivity index is 1.42. The van der Waals surface area contributed by atoms with Gasteiger partial charge >= 0.3 is 0 Å². The summed E-state index contributed by atoms with van der Waals surface area (Å²) < 4.78 is 40.6. The van der Waals surface area contributed by atoms with Crippen LogP contribution in [-0.2, 0) is 10.0 Å². The third-order valence-corrected chi connectivity index (χ3v) is 7.73. The molecule has 9 heteroatoms. The average Bonchev–Trinajstić information content (AvgIpc) is 3.35. The lowest BCUT2D eigenvalue weighted by molar-refractivity contribution is 0.0746. The second-order valence-corrected chi connectivity index (χ2v) is 9.60. The number of benzene rings is 2. The highest BCUT2D eigenvalue weighted by Gasteiger charge is 2.28. The highest BCUT2D eigenvalue weighted by atomic mass is 32.2. The molecule has 162 valence electrons. The molecule has 31 heavy (non-hydrogen) atoms. The summed E-state index contributed by atoms with van der Waals surface area (Å²) in [5.41, 5.74) is 0.973. The van der Waals surface area contributed by atoms with Crippen molar-refractivity contribution in [1.82, 2.24) is 9.21 Å². The van der Waals surface area contributed by atoms with Gasteiger partial charge in [-0.1, -0.05) is 6.07 Å². The van der Waals surface area contributed by atoms with E-state index in [0.29, 0.717) is 50.5 Å².